The number of hydrogen-bond acceptors (Lipinski definition) is 2. The summed E-state index contributed by atoms with van der Waals surface area (Å²) in [6.07, 6.45) is 4.35. The summed E-state index contributed by atoms with van der Waals surface area (Å²) in [5.41, 5.74) is 1.33. The van der Waals surface area contributed by atoms with E-state index in [1.807, 2.05) is 12.1 Å². The van der Waals surface area contributed by atoms with Crippen LogP contribution in [0.15, 0.2) is 24.3 Å². The second-order valence-corrected chi connectivity index (χ2v) is 6.54. The fraction of sp³-hybridized carbons (Fsp3) is 0.647. The van der Waals surface area contributed by atoms with Crippen molar-refractivity contribution >= 4 is 11.6 Å². The van der Waals surface area contributed by atoms with Gasteiger partial charge in [-0.2, -0.15) is 0 Å². The highest BCUT2D eigenvalue weighted by molar-refractivity contribution is 6.31. The van der Waals surface area contributed by atoms with Gasteiger partial charge in [0, 0.05) is 29.6 Å². The first-order chi connectivity index (χ1) is 9.64. The zero-order chi connectivity index (χ0) is 14.6. The first-order valence-corrected chi connectivity index (χ1v) is 8.10. The highest BCUT2D eigenvalue weighted by atomic mass is 35.5. The quantitative estimate of drug-likeness (QED) is 0.797. The molecule has 112 valence electrons. The Bertz CT molecular complexity index is 416. The van der Waals surface area contributed by atoms with E-state index in [1.54, 1.807) is 0 Å². The molecule has 1 aliphatic rings. The van der Waals surface area contributed by atoms with E-state index in [1.165, 1.54) is 5.56 Å². The Balaban J connectivity index is 1.81. The molecule has 2 N–H and O–H groups in total. The van der Waals surface area contributed by atoms with Gasteiger partial charge in [-0.15, -0.1) is 0 Å². The van der Waals surface area contributed by atoms with E-state index in [-0.39, 0.29) is 12.0 Å². The summed E-state index contributed by atoms with van der Waals surface area (Å²) in [5.74, 6) is 0.591. The minimum atomic E-state index is 0.0511. The summed E-state index contributed by atoms with van der Waals surface area (Å²) in [5, 5.41) is 14.1. The van der Waals surface area contributed by atoms with Gasteiger partial charge in [0.2, 0.25) is 0 Å². The average Bonchev–Trinajstić information content (AvgIpc) is 2.44. The third-order valence-electron chi connectivity index (χ3n) is 5.08. The molecule has 0 saturated heterocycles. The van der Waals surface area contributed by atoms with Crippen LogP contribution in [-0.4, -0.2) is 24.3 Å². The van der Waals surface area contributed by atoms with Gasteiger partial charge in [0.1, 0.15) is 0 Å². The summed E-state index contributed by atoms with van der Waals surface area (Å²) >= 11 is 6.24. The molecule has 20 heavy (non-hydrogen) atoms. The second-order valence-electron chi connectivity index (χ2n) is 6.13. The zero-order valence-electron chi connectivity index (χ0n) is 12.5. The molecule has 0 amide bonds. The minimum Gasteiger partial charge on any atom is -0.396 e. The number of benzene rings is 1. The summed E-state index contributed by atoms with van der Waals surface area (Å²) in [6, 6.07) is 8.73. The first-order valence-electron chi connectivity index (χ1n) is 7.72. The summed E-state index contributed by atoms with van der Waals surface area (Å²) in [7, 11) is 0. The van der Waals surface area contributed by atoms with Crippen molar-refractivity contribution < 1.29 is 5.11 Å². The van der Waals surface area contributed by atoms with Gasteiger partial charge < -0.3 is 10.4 Å². The molecular weight excluding hydrogens is 270 g/mol. The second kappa shape index (κ2) is 6.93. The van der Waals surface area contributed by atoms with E-state index < -0.39 is 0 Å². The maximum Gasteiger partial charge on any atom is 0.0499 e. The Kier molecular flexibility index (Phi) is 5.48. The predicted octanol–water partition coefficient (Wildman–Crippen LogP) is 3.97. The van der Waals surface area contributed by atoms with Crippen molar-refractivity contribution in [3.05, 3.63) is 34.9 Å². The molecule has 2 rings (SSSR count). The Morgan fingerprint density at radius 1 is 1.25 bits per heavy atom. The zero-order valence-corrected chi connectivity index (χ0v) is 13.3. The molecule has 0 radical (unpaired) electrons. The number of rotatable bonds is 7. The number of nitrogens with one attached hydrogen (secondary N) is 1. The van der Waals surface area contributed by atoms with E-state index in [0.717, 1.165) is 37.3 Å². The summed E-state index contributed by atoms with van der Waals surface area (Å²) in [4.78, 5) is 0. The number of halogens is 1. The van der Waals surface area contributed by atoms with Gasteiger partial charge in [-0.1, -0.05) is 43.6 Å². The van der Waals surface area contributed by atoms with Crippen LogP contribution in [0.25, 0.3) is 0 Å². The summed E-state index contributed by atoms with van der Waals surface area (Å²) in [6.45, 7) is 5.51. The Labute approximate surface area is 127 Å². The van der Waals surface area contributed by atoms with Crippen molar-refractivity contribution in [1.29, 1.82) is 0 Å². The molecule has 0 unspecified atom stereocenters. The number of aliphatic hydroxyl groups excluding tert-OH is 1. The monoisotopic (exact) mass is 295 g/mol. The van der Waals surface area contributed by atoms with Crippen LogP contribution in [0.2, 0.25) is 5.02 Å². The average molecular weight is 296 g/mol. The third-order valence-corrected chi connectivity index (χ3v) is 5.43. The van der Waals surface area contributed by atoms with Crippen molar-refractivity contribution in [3.63, 3.8) is 0 Å². The molecule has 1 aromatic carbocycles. The van der Waals surface area contributed by atoms with Crippen molar-refractivity contribution in [1.82, 2.24) is 5.32 Å². The third kappa shape index (κ3) is 3.36. The number of hydrogen-bond donors (Lipinski definition) is 2. The van der Waals surface area contributed by atoms with Gasteiger partial charge in [0.05, 0.1) is 0 Å². The fourth-order valence-electron chi connectivity index (χ4n) is 2.98. The lowest BCUT2D eigenvalue weighted by atomic mass is 9.75. The Morgan fingerprint density at radius 3 is 2.45 bits per heavy atom. The molecule has 0 bridgehead atoms. The lowest BCUT2D eigenvalue weighted by molar-refractivity contribution is 0.103. The van der Waals surface area contributed by atoms with Crippen molar-refractivity contribution in [2.24, 2.45) is 5.41 Å². The van der Waals surface area contributed by atoms with Crippen LogP contribution in [0.1, 0.15) is 51.0 Å². The van der Waals surface area contributed by atoms with Crippen LogP contribution >= 0.6 is 11.6 Å². The van der Waals surface area contributed by atoms with E-state index in [2.05, 4.69) is 31.3 Å². The molecule has 1 saturated carbocycles. The van der Waals surface area contributed by atoms with Crippen LogP contribution < -0.4 is 5.32 Å². The fourth-order valence-corrected chi connectivity index (χ4v) is 3.28. The lowest BCUT2D eigenvalue weighted by Gasteiger charge is -2.40. The maximum absolute atomic E-state index is 9.59. The molecule has 1 fully saturated rings. The van der Waals surface area contributed by atoms with E-state index in [0.29, 0.717) is 12.0 Å². The SMILES string of the molecule is CCC(CC)(CO)CNC1CC(c2ccccc2Cl)C1. The molecule has 3 heteroatoms. The van der Waals surface area contributed by atoms with Gasteiger partial charge in [-0.25, -0.2) is 0 Å². The highest BCUT2D eigenvalue weighted by Gasteiger charge is 2.33. The van der Waals surface area contributed by atoms with E-state index in [4.69, 9.17) is 11.6 Å². The molecule has 0 aliphatic heterocycles. The van der Waals surface area contributed by atoms with Crippen LogP contribution in [0, 0.1) is 5.41 Å². The van der Waals surface area contributed by atoms with Gasteiger partial charge in [0.25, 0.3) is 0 Å². The van der Waals surface area contributed by atoms with Crippen LogP contribution in [-0.2, 0) is 0 Å². The van der Waals surface area contributed by atoms with Crippen LogP contribution in [0.3, 0.4) is 0 Å². The van der Waals surface area contributed by atoms with Crippen molar-refractivity contribution in [2.75, 3.05) is 13.2 Å². The molecule has 2 nitrogen and oxygen atoms in total. The first kappa shape index (κ1) is 15.8. The normalized spacial score (nSPS) is 22.6. The van der Waals surface area contributed by atoms with Gasteiger partial charge in [0.15, 0.2) is 0 Å². The molecular formula is C17H26ClNO. The molecule has 0 aromatic heterocycles. The Morgan fingerprint density at radius 2 is 1.90 bits per heavy atom. The van der Waals surface area contributed by atoms with Crippen LogP contribution in [0.4, 0.5) is 0 Å². The van der Waals surface area contributed by atoms with Crippen LogP contribution in [0.5, 0.6) is 0 Å². The smallest absolute Gasteiger partial charge is 0.0499 e. The minimum absolute atomic E-state index is 0.0511. The van der Waals surface area contributed by atoms with Gasteiger partial charge in [-0.3, -0.25) is 0 Å². The Hall–Kier alpha value is -0.570. The van der Waals surface area contributed by atoms with Crippen molar-refractivity contribution in [3.8, 4) is 0 Å². The molecule has 1 aliphatic carbocycles. The number of aliphatic hydroxyl groups is 1. The lowest BCUT2D eigenvalue weighted by Crippen LogP contribution is -2.46. The van der Waals surface area contributed by atoms with E-state index in [9.17, 15) is 5.11 Å². The predicted molar refractivity (Wildman–Crippen MR) is 85.3 cm³/mol. The molecule has 0 heterocycles. The van der Waals surface area contributed by atoms with E-state index >= 15 is 0 Å². The molecule has 1 aromatic rings. The topological polar surface area (TPSA) is 32.3 Å². The molecule has 0 spiro atoms. The van der Waals surface area contributed by atoms with Gasteiger partial charge >= 0.3 is 0 Å². The molecule has 0 atom stereocenters. The maximum atomic E-state index is 9.59. The van der Waals surface area contributed by atoms with Gasteiger partial charge in [-0.05, 0) is 43.2 Å². The highest BCUT2D eigenvalue weighted by Crippen LogP contribution is 2.40. The standard InChI is InChI=1S/C17H26ClNO/c1-3-17(4-2,12-20)11-19-14-9-13(10-14)15-7-5-6-8-16(15)18/h5-8,13-14,19-20H,3-4,9-12H2,1-2H3. The van der Waals surface area contributed by atoms with Crippen molar-refractivity contribution in [2.45, 2.75) is 51.5 Å². The largest absolute Gasteiger partial charge is 0.396 e. The summed E-state index contributed by atoms with van der Waals surface area (Å²) < 4.78 is 0.